The highest BCUT2D eigenvalue weighted by molar-refractivity contribution is 5.85. The van der Waals surface area contributed by atoms with Crippen LogP contribution in [0.3, 0.4) is 0 Å². The Morgan fingerprint density at radius 1 is 1.00 bits per heavy atom. The van der Waals surface area contributed by atoms with Gasteiger partial charge in [0.2, 0.25) is 5.91 Å². The highest BCUT2D eigenvalue weighted by Gasteiger charge is 2.45. The lowest BCUT2D eigenvalue weighted by Crippen LogP contribution is -2.51. The molecule has 1 amide bonds. The van der Waals surface area contributed by atoms with Crippen LogP contribution in [0.25, 0.3) is 0 Å². The van der Waals surface area contributed by atoms with Gasteiger partial charge in [-0.2, -0.15) is 0 Å². The van der Waals surface area contributed by atoms with E-state index in [0.717, 1.165) is 32.2 Å². The van der Waals surface area contributed by atoms with Gasteiger partial charge in [-0.05, 0) is 44.4 Å². The number of carboxylic acids is 1. The zero-order valence-corrected chi connectivity index (χ0v) is 12.9. The van der Waals surface area contributed by atoms with Gasteiger partial charge in [-0.15, -0.1) is 0 Å². The van der Waals surface area contributed by atoms with E-state index in [9.17, 15) is 14.7 Å². The summed E-state index contributed by atoms with van der Waals surface area (Å²) in [7, 11) is 0. The van der Waals surface area contributed by atoms with Crippen LogP contribution >= 0.6 is 0 Å². The van der Waals surface area contributed by atoms with Crippen LogP contribution in [0.2, 0.25) is 0 Å². The minimum atomic E-state index is -0.765. The van der Waals surface area contributed by atoms with Gasteiger partial charge >= 0.3 is 5.97 Å². The maximum atomic E-state index is 12.8. The van der Waals surface area contributed by atoms with Crippen LogP contribution < -0.4 is 0 Å². The summed E-state index contributed by atoms with van der Waals surface area (Å²) in [6.45, 7) is 0.843. The van der Waals surface area contributed by atoms with Crippen molar-refractivity contribution in [1.29, 1.82) is 0 Å². The minimum Gasteiger partial charge on any atom is -0.481 e. The molecule has 1 N–H and O–H groups in total. The Morgan fingerprint density at radius 2 is 1.67 bits per heavy atom. The summed E-state index contributed by atoms with van der Waals surface area (Å²) in [4.78, 5) is 26.5. The van der Waals surface area contributed by atoms with Gasteiger partial charge in [-0.25, -0.2) is 0 Å². The quantitative estimate of drug-likeness (QED) is 0.869. The van der Waals surface area contributed by atoms with E-state index in [2.05, 4.69) is 4.90 Å². The van der Waals surface area contributed by atoms with Crippen molar-refractivity contribution in [3.63, 3.8) is 0 Å². The average Bonchev–Trinajstić information content (AvgIpc) is 2.96. The number of carbonyl (C=O) groups is 2. The fourth-order valence-electron chi connectivity index (χ4n) is 4.84. The Labute approximate surface area is 126 Å². The van der Waals surface area contributed by atoms with E-state index < -0.39 is 11.4 Å². The normalized spacial score (nSPS) is 31.7. The van der Waals surface area contributed by atoms with E-state index in [4.69, 9.17) is 0 Å². The van der Waals surface area contributed by atoms with E-state index in [1.54, 1.807) is 0 Å². The Morgan fingerprint density at radius 3 is 2.38 bits per heavy atom. The van der Waals surface area contributed by atoms with Crippen molar-refractivity contribution in [2.75, 3.05) is 6.54 Å². The molecule has 2 atom stereocenters. The summed E-state index contributed by atoms with van der Waals surface area (Å²) in [5.41, 5.74) is -0.765. The van der Waals surface area contributed by atoms with Gasteiger partial charge in [0.15, 0.2) is 0 Å². The fourth-order valence-corrected chi connectivity index (χ4v) is 4.84. The number of hydrogen-bond donors (Lipinski definition) is 1. The monoisotopic (exact) mass is 293 g/mol. The van der Waals surface area contributed by atoms with Crippen molar-refractivity contribution < 1.29 is 14.7 Å². The van der Waals surface area contributed by atoms with Crippen molar-refractivity contribution >= 4 is 11.9 Å². The van der Waals surface area contributed by atoms with Gasteiger partial charge in [-0.1, -0.05) is 25.7 Å². The second-order valence-electron chi connectivity index (χ2n) is 7.31. The highest BCUT2D eigenvalue weighted by Crippen LogP contribution is 2.43. The molecule has 1 aliphatic heterocycles. The maximum absolute atomic E-state index is 12.8. The molecule has 3 rings (SSSR count). The van der Waals surface area contributed by atoms with Crippen LogP contribution in [0.15, 0.2) is 0 Å². The first-order valence-electron chi connectivity index (χ1n) is 8.65. The number of aliphatic carboxylic acids is 1. The topological polar surface area (TPSA) is 57.6 Å². The van der Waals surface area contributed by atoms with Gasteiger partial charge in [0.25, 0.3) is 0 Å². The molecule has 0 spiro atoms. The van der Waals surface area contributed by atoms with Crippen LogP contribution in [0, 0.1) is 11.3 Å². The Kier molecular flexibility index (Phi) is 4.23. The number of nitrogens with zero attached hydrogens (tertiary/aromatic N) is 1. The van der Waals surface area contributed by atoms with Crippen LogP contribution in [0.5, 0.6) is 0 Å². The molecule has 3 aliphatic rings. The number of amides is 1. The van der Waals surface area contributed by atoms with E-state index in [0.29, 0.717) is 24.8 Å². The predicted octanol–water partition coefficient (Wildman–Crippen LogP) is 3.20. The third-order valence-corrected chi connectivity index (χ3v) is 6.07. The number of carbonyl (C=O) groups excluding carboxylic acids is 1. The van der Waals surface area contributed by atoms with Gasteiger partial charge in [0.05, 0.1) is 5.41 Å². The van der Waals surface area contributed by atoms with Crippen LogP contribution in [0.4, 0.5) is 0 Å². The van der Waals surface area contributed by atoms with Crippen LogP contribution in [-0.2, 0) is 9.59 Å². The molecule has 2 saturated carbocycles. The molecule has 118 valence electrons. The number of fused-ring (bicyclic) bond motifs is 1. The lowest BCUT2D eigenvalue weighted by Gasteiger charge is -2.45. The summed E-state index contributed by atoms with van der Waals surface area (Å²) < 4.78 is 0. The predicted molar refractivity (Wildman–Crippen MR) is 79.8 cm³/mol. The maximum Gasteiger partial charge on any atom is 0.310 e. The Bertz CT molecular complexity index is 412. The van der Waals surface area contributed by atoms with Crippen LogP contribution in [0.1, 0.15) is 70.6 Å². The summed E-state index contributed by atoms with van der Waals surface area (Å²) in [6.07, 6.45) is 10.7. The van der Waals surface area contributed by atoms with Crippen molar-refractivity contribution in [2.45, 2.75) is 76.7 Å². The standard InChI is InChI=1S/C17H27NO3/c19-15(12-17(16(20)21)9-3-4-10-17)18-11-5-7-13-6-1-2-8-14(13)18/h13-14H,1-12H2,(H,20,21)/t13-,14-/m1/s1. The van der Waals surface area contributed by atoms with Crippen molar-refractivity contribution in [3.8, 4) is 0 Å². The first kappa shape index (κ1) is 14.9. The first-order valence-corrected chi connectivity index (χ1v) is 8.65. The summed E-state index contributed by atoms with van der Waals surface area (Å²) in [6, 6.07) is 0.396. The number of rotatable bonds is 3. The Hall–Kier alpha value is -1.06. The molecular formula is C17H27NO3. The first-order chi connectivity index (χ1) is 10.1. The molecule has 2 aliphatic carbocycles. The van der Waals surface area contributed by atoms with Crippen LogP contribution in [-0.4, -0.2) is 34.5 Å². The van der Waals surface area contributed by atoms with Crippen molar-refractivity contribution in [2.24, 2.45) is 11.3 Å². The van der Waals surface area contributed by atoms with E-state index in [-0.39, 0.29) is 12.3 Å². The molecule has 0 aromatic rings. The summed E-state index contributed by atoms with van der Waals surface area (Å²) in [5.74, 6) is 0.0160. The molecule has 0 aromatic carbocycles. The third-order valence-electron chi connectivity index (χ3n) is 6.07. The van der Waals surface area contributed by atoms with Gasteiger partial charge in [0, 0.05) is 19.0 Å². The minimum absolute atomic E-state index is 0.107. The van der Waals surface area contributed by atoms with Gasteiger partial charge in [-0.3, -0.25) is 9.59 Å². The highest BCUT2D eigenvalue weighted by atomic mass is 16.4. The third kappa shape index (κ3) is 2.82. The molecule has 1 heterocycles. The molecule has 4 heteroatoms. The SMILES string of the molecule is O=C(CC1(C(=O)O)CCCC1)N1CCC[C@H]2CCCC[C@H]21. The summed E-state index contributed by atoms with van der Waals surface area (Å²) in [5, 5.41) is 9.57. The molecule has 0 bridgehead atoms. The fraction of sp³-hybridized carbons (Fsp3) is 0.882. The molecule has 4 nitrogen and oxygen atoms in total. The molecule has 21 heavy (non-hydrogen) atoms. The number of piperidine rings is 1. The van der Waals surface area contributed by atoms with E-state index >= 15 is 0 Å². The molecule has 0 radical (unpaired) electrons. The van der Waals surface area contributed by atoms with Gasteiger partial charge < -0.3 is 10.0 Å². The largest absolute Gasteiger partial charge is 0.481 e. The van der Waals surface area contributed by atoms with Crippen molar-refractivity contribution in [3.05, 3.63) is 0 Å². The number of hydrogen-bond acceptors (Lipinski definition) is 2. The second kappa shape index (κ2) is 5.98. The number of carboxylic acid groups (broad SMARTS) is 1. The average molecular weight is 293 g/mol. The van der Waals surface area contributed by atoms with Gasteiger partial charge in [0.1, 0.15) is 0 Å². The second-order valence-corrected chi connectivity index (χ2v) is 7.31. The van der Waals surface area contributed by atoms with E-state index in [1.165, 1.54) is 25.7 Å². The zero-order chi connectivity index (χ0) is 14.9. The molecular weight excluding hydrogens is 266 g/mol. The van der Waals surface area contributed by atoms with E-state index in [1.807, 2.05) is 0 Å². The molecule has 1 saturated heterocycles. The zero-order valence-electron chi connectivity index (χ0n) is 12.9. The Balaban J connectivity index is 1.70. The lowest BCUT2D eigenvalue weighted by atomic mass is 9.77. The molecule has 0 unspecified atom stereocenters. The smallest absolute Gasteiger partial charge is 0.310 e. The molecule has 0 aromatic heterocycles. The summed E-state index contributed by atoms with van der Waals surface area (Å²) >= 11 is 0. The number of likely N-dealkylation sites (tertiary alicyclic amines) is 1. The lowest BCUT2D eigenvalue weighted by molar-refractivity contribution is -0.155. The molecule has 3 fully saturated rings. The van der Waals surface area contributed by atoms with Crippen molar-refractivity contribution in [1.82, 2.24) is 4.90 Å².